The Morgan fingerprint density at radius 1 is 1.19 bits per heavy atom. The van der Waals surface area contributed by atoms with Gasteiger partial charge in [0.1, 0.15) is 12.2 Å². The van der Waals surface area contributed by atoms with Crippen molar-refractivity contribution in [2.24, 2.45) is 23.0 Å². The topological polar surface area (TPSA) is 206 Å². The number of benzene rings is 1. The maximum atomic E-state index is 14.3. The highest BCUT2D eigenvalue weighted by Crippen LogP contribution is 2.63. The third kappa shape index (κ3) is 9.22. The number of ketones is 1. The van der Waals surface area contributed by atoms with Gasteiger partial charge in [-0.05, 0) is 119 Å². The number of Topliss-reactive ketones (excluding diaryl/α,β-unsaturated/α-hetero) is 1. The molecule has 2 saturated carbocycles. The first kappa shape index (κ1) is 43.5. The first-order valence-corrected chi connectivity index (χ1v) is 19.3. The number of aliphatic hydroxyl groups excluding tert-OH is 5. The average Bonchev–Trinajstić information content (AvgIpc) is 3.46. The number of amides is 1. The molecule has 2 aliphatic carbocycles. The van der Waals surface area contributed by atoms with Crippen LogP contribution in [0.25, 0.3) is 0 Å². The molecule has 0 aromatic heterocycles. The Labute approximate surface area is 320 Å². The average molecular weight is 750 g/mol. The minimum Gasteiger partial charge on any atom is -0.396 e. The van der Waals surface area contributed by atoms with Crippen molar-refractivity contribution in [2.75, 3.05) is 19.8 Å². The number of rotatable bonds is 16. The summed E-state index contributed by atoms with van der Waals surface area (Å²) in [6.45, 7) is 12.8. The van der Waals surface area contributed by atoms with Crippen LogP contribution in [-0.2, 0) is 16.0 Å². The van der Waals surface area contributed by atoms with Gasteiger partial charge in [-0.15, -0.1) is 0 Å². The third-order valence-corrected chi connectivity index (χ3v) is 12.1. The van der Waals surface area contributed by atoms with E-state index in [9.17, 15) is 40.2 Å². The van der Waals surface area contributed by atoms with E-state index in [0.29, 0.717) is 78.4 Å². The molecule has 11 nitrogen and oxygen atoms in total. The number of nitrogens with two attached hydrogens (primary N) is 1. The number of fused-ring (bicyclic) bond motifs is 1. The molecule has 0 radical (unpaired) electrons. The van der Waals surface area contributed by atoms with Crippen LogP contribution in [0.2, 0.25) is 0 Å². The summed E-state index contributed by atoms with van der Waals surface area (Å²) in [7, 11) is 0. The van der Waals surface area contributed by atoms with Crippen molar-refractivity contribution in [3.05, 3.63) is 93.6 Å². The van der Waals surface area contributed by atoms with Crippen molar-refractivity contribution in [3.63, 3.8) is 0 Å². The zero-order valence-corrected chi connectivity index (χ0v) is 32.6. The highest BCUT2D eigenvalue weighted by Gasteiger charge is 2.64. The molecule has 1 spiro atoms. The number of hydrogen-bond donors (Lipinski definition) is 9. The van der Waals surface area contributed by atoms with Crippen molar-refractivity contribution in [1.82, 2.24) is 10.6 Å². The first-order valence-electron chi connectivity index (χ1n) is 19.3. The van der Waals surface area contributed by atoms with E-state index in [-0.39, 0.29) is 37.9 Å². The zero-order valence-electron chi connectivity index (χ0n) is 32.6. The number of allylic oxidation sites excluding steroid dienone is 5. The summed E-state index contributed by atoms with van der Waals surface area (Å²) in [6, 6.07) is 4.64. The molecular weight excluding hydrogens is 686 g/mol. The quantitative estimate of drug-likeness (QED) is 0.0682. The fraction of sp³-hybridized carbons (Fsp3) is 0.581. The summed E-state index contributed by atoms with van der Waals surface area (Å²) in [5, 5.41) is 71.3. The van der Waals surface area contributed by atoms with E-state index in [1.807, 2.05) is 38.1 Å². The van der Waals surface area contributed by atoms with Crippen molar-refractivity contribution >= 4 is 11.7 Å². The van der Waals surface area contributed by atoms with E-state index in [2.05, 4.69) is 17.2 Å². The Morgan fingerprint density at radius 3 is 2.56 bits per heavy atom. The molecule has 0 bridgehead atoms. The molecule has 1 aromatic rings. The smallest absolute Gasteiger partial charge is 0.243 e. The highest BCUT2D eigenvalue weighted by atomic mass is 16.3. The van der Waals surface area contributed by atoms with Crippen molar-refractivity contribution in [1.29, 1.82) is 0 Å². The van der Waals surface area contributed by atoms with Gasteiger partial charge in [-0.1, -0.05) is 60.2 Å². The summed E-state index contributed by atoms with van der Waals surface area (Å²) < 4.78 is 0. The van der Waals surface area contributed by atoms with Gasteiger partial charge in [0, 0.05) is 30.9 Å². The molecule has 0 unspecified atom stereocenters. The minimum absolute atomic E-state index is 0.00921. The summed E-state index contributed by atoms with van der Waals surface area (Å²) in [5.41, 5.74) is 9.49. The molecule has 11 heteroatoms. The summed E-state index contributed by atoms with van der Waals surface area (Å²) >= 11 is 0. The number of nitrogens with one attached hydrogen (secondary N) is 2. The van der Waals surface area contributed by atoms with E-state index in [1.54, 1.807) is 39.0 Å². The molecule has 1 aromatic carbocycles. The van der Waals surface area contributed by atoms with Crippen LogP contribution in [-0.4, -0.2) is 86.0 Å². The molecule has 2 fully saturated rings. The highest BCUT2D eigenvalue weighted by molar-refractivity contribution is 5.98. The van der Waals surface area contributed by atoms with Crippen molar-refractivity contribution in [2.45, 2.75) is 122 Å². The SMILES string of the molecule is C=C(C=CC=C(CO)[C@H]1CC[C@@]2([C@H](CCCO)C(=C(C)C(=O)Cc3cccc4c3[C@@H](NC[C@H](C)O)C(=O)N[C@@H]4N)CC[C@@]2(C)O)[C@@H]1O)[C@H](O)CC=C(C)C. The predicted octanol–water partition coefficient (Wildman–Crippen LogP) is 3.65. The van der Waals surface area contributed by atoms with Gasteiger partial charge in [0.25, 0.3) is 0 Å². The standard InChI is InChI=1S/C43H63N3O8/c1-25(2)15-16-35(50)26(3)10-7-12-30(24-48)32-18-20-43(39(32)52)34(14-9-21-47)31(17-19-42(43,6)54)28(5)36(51)22-29-11-8-13-33-37(29)38(45-23-27(4)49)41(53)46-40(33)44/h7-8,10-13,15,27,32,34-35,38-40,45,47-50,52,54H,3,9,14,16-24,44H2,1-2,4-6H3,(H,46,53)/t27-,32+,34+,35+,38+,39+,40-,42+,43+/m0/s1. The van der Waals surface area contributed by atoms with Crippen LogP contribution in [0.1, 0.15) is 108 Å². The summed E-state index contributed by atoms with van der Waals surface area (Å²) in [4.78, 5) is 27.4. The van der Waals surface area contributed by atoms with Crippen molar-refractivity contribution < 1.29 is 40.2 Å². The molecule has 0 saturated heterocycles. The number of carbonyl (C=O) groups excluding carboxylic acids is 2. The van der Waals surface area contributed by atoms with Crippen LogP contribution in [0.4, 0.5) is 0 Å². The number of aliphatic hydroxyl groups is 6. The zero-order chi connectivity index (χ0) is 40.0. The molecule has 3 aliphatic rings. The second kappa shape index (κ2) is 18.6. The molecule has 1 heterocycles. The van der Waals surface area contributed by atoms with E-state index >= 15 is 0 Å². The normalized spacial score (nSPS) is 30.6. The lowest BCUT2D eigenvalue weighted by atomic mass is 9.52. The fourth-order valence-corrected chi connectivity index (χ4v) is 9.09. The van der Waals surface area contributed by atoms with Gasteiger partial charge in [-0.25, -0.2) is 0 Å². The Kier molecular flexibility index (Phi) is 15.0. The largest absolute Gasteiger partial charge is 0.396 e. The summed E-state index contributed by atoms with van der Waals surface area (Å²) in [6.07, 6.45) is 6.80. The van der Waals surface area contributed by atoms with Crippen LogP contribution in [0.5, 0.6) is 0 Å². The molecule has 4 rings (SSSR count). The van der Waals surface area contributed by atoms with Crippen LogP contribution < -0.4 is 16.4 Å². The van der Waals surface area contributed by atoms with E-state index in [4.69, 9.17) is 5.73 Å². The van der Waals surface area contributed by atoms with Gasteiger partial charge < -0.3 is 41.7 Å². The van der Waals surface area contributed by atoms with Gasteiger partial charge >= 0.3 is 0 Å². The van der Waals surface area contributed by atoms with Crippen LogP contribution in [0.3, 0.4) is 0 Å². The van der Waals surface area contributed by atoms with Crippen LogP contribution >= 0.6 is 0 Å². The minimum atomic E-state index is -1.31. The number of hydrogen-bond acceptors (Lipinski definition) is 10. The van der Waals surface area contributed by atoms with Gasteiger partial charge in [0.05, 0.1) is 30.5 Å². The van der Waals surface area contributed by atoms with Gasteiger partial charge in [0.2, 0.25) is 5.91 Å². The Balaban J connectivity index is 1.68. The molecular formula is C43H63N3O8. The molecule has 10 N–H and O–H groups in total. The lowest BCUT2D eigenvalue weighted by molar-refractivity contribution is -0.167. The fourth-order valence-electron chi connectivity index (χ4n) is 9.09. The van der Waals surface area contributed by atoms with Gasteiger partial charge in [-0.2, -0.15) is 0 Å². The molecule has 54 heavy (non-hydrogen) atoms. The molecule has 1 aliphatic heterocycles. The maximum Gasteiger partial charge on any atom is 0.243 e. The van der Waals surface area contributed by atoms with Crippen molar-refractivity contribution in [3.8, 4) is 0 Å². The number of carbonyl (C=O) groups is 2. The Hall–Kier alpha value is -3.26. The predicted molar refractivity (Wildman–Crippen MR) is 210 cm³/mol. The maximum absolute atomic E-state index is 14.3. The lowest BCUT2D eigenvalue weighted by Crippen LogP contribution is -2.59. The van der Waals surface area contributed by atoms with E-state index in [0.717, 1.165) is 11.1 Å². The van der Waals surface area contributed by atoms with Crippen LogP contribution in [0, 0.1) is 17.3 Å². The molecule has 298 valence electrons. The van der Waals surface area contributed by atoms with E-state index < -0.39 is 53.4 Å². The third-order valence-electron chi connectivity index (χ3n) is 12.1. The first-order chi connectivity index (χ1) is 25.5. The second-order valence-corrected chi connectivity index (χ2v) is 16.0. The van der Waals surface area contributed by atoms with Gasteiger partial charge in [-0.3, -0.25) is 14.9 Å². The lowest BCUT2D eigenvalue weighted by Gasteiger charge is -2.55. The second-order valence-electron chi connectivity index (χ2n) is 16.0. The monoisotopic (exact) mass is 749 g/mol. The molecule has 1 amide bonds. The van der Waals surface area contributed by atoms with Gasteiger partial charge in [0.15, 0.2) is 5.78 Å². The summed E-state index contributed by atoms with van der Waals surface area (Å²) in [5.74, 6) is -1.40. The Morgan fingerprint density at radius 2 is 1.91 bits per heavy atom. The Bertz CT molecular complexity index is 1650. The molecule has 9 atom stereocenters. The van der Waals surface area contributed by atoms with Crippen LogP contribution in [0.15, 0.2) is 76.9 Å². The van der Waals surface area contributed by atoms with E-state index in [1.165, 1.54) is 0 Å².